The molecule has 3 nitrogen and oxygen atoms in total. The minimum absolute atomic E-state index is 0.383. The molecule has 1 N–H and O–H groups in total. The molecule has 0 radical (unpaired) electrons. The van der Waals surface area contributed by atoms with Crippen LogP contribution in [-0.4, -0.2) is 12.2 Å². The van der Waals surface area contributed by atoms with Crippen LogP contribution in [0.5, 0.6) is 11.5 Å². The number of methoxy groups -OCH3 is 1. The summed E-state index contributed by atoms with van der Waals surface area (Å²) in [4.78, 5) is 0. The summed E-state index contributed by atoms with van der Waals surface area (Å²) >= 11 is 0. The van der Waals surface area contributed by atoms with E-state index in [9.17, 15) is 9.50 Å². The van der Waals surface area contributed by atoms with Crippen LogP contribution in [0.1, 0.15) is 22.8 Å². The minimum atomic E-state index is -0.937. The molecule has 1 atom stereocenters. The van der Waals surface area contributed by atoms with Gasteiger partial charge in [-0.3, -0.25) is 0 Å². The van der Waals surface area contributed by atoms with E-state index < -0.39 is 6.10 Å². The molecular formula is C21H19FO3. The van der Waals surface area contributed by atoms with E-state index in [2.05, 4.69) is 0 Å². The summed E-state index contributed by atoms with van der Waals surface area (Å²) in [6.45, 7) is 0.420. The third-order valence-electron chi connectivity index (χ3n) is 3.90. The molecule has 0 saturated carbocycles. The Morgan fingerprint density at radius 3 is 2.36 bits per heavy atom. The van der Waals surface area contributed by atoms with E-state index >= 15 is 0 Å². The molecule has 0 fully saturated rings. The highest BCUT2D eigenvalue weighted by Crippen LogP contribution is 2.33. The fourth-order valence-electron chi connectivity index (χ4n) is 2.58. The first-order valence-electron chi connectivity index (χ1n) is 7.95. The summed E-state index contributed by atoms with van der Waals surface area (Å²) in [5.41, 5.74) is 2.14. The van der Waals surface area contributed by atoms with Crippen molar-refractivity contribution in [3.8, 4) is 11.5 Å². The largest absolute Gasteiger partial charge is 0.493 e. The molecule has 0 amide bonds. The van der Waals surface area contributed by atoms with Crippen molar-refractivity contribution in [3.05, 3.63) is 95.3 Å². The molecule has 25 heavy (non-hydrogen) atoms. The van der Waals surface area contributed by atoms with Gasteiger partial charge in [-0.05, 0) is 41.0 Å². The third kappa shape index (κ3) is 4.17. The molecule has 3 rings (SSSR count). The molecular weight excluding hydrogens is 319 g/mol. The van der Waals surface area contributed by atoms with E-state index in [4.69, 9.17) is 9.47 Å². The molecule has 0 spiro atoms. The molecule has 0 aliphatic carbocycles. The Kier molecular flexibility index (Phi) is 5.31. The number of hydrogen-bond acceptors (Lipinski definition) is 3. The average Bonchev–Trinajstić information content (AvgIpc) is 2.66. The maximum atomic E-state index is 13.4. The normalized spacial score (nSPS) is 11.8. The minimum Gasteiger partial charge on any atom is -0.493 e. The van der Waals surface area contributed by atoms with E-state index in [1.165, 1.54) is 12.1 Å². The van der Waals surface area contributed by atoms with Crippen LogP contribution in [0.3, 0.4) is 0 Å². The van der Waals surface area contributed by atoms with Gasteiger partial charge < -0.3 is 14.6 Å². The highest BCUT2D eigenvalue weighted by molar-refractivity contribution is 5.45. The zero-order chi connectivity index (χ0) is 17.6. The maximum Gasteiger partial charge on any atom is 0.161 e. The lowest BCUT2D eigenvalue weighted by Crippen LogP contribution is -2.02. The molecule has 0 saturated heterocycles. The summed E-state index contributed by atoms with van der Waals surface area (Å²) in [5.74, 6) is 0.719. The molecule has 0 bridgehead atoms. The Hall–Kier alpha value is -2.85. The molecule has 0 aromatic heterocycles. The van der Waals surface area contributed by atoms with Crippen molar-refractivity contribution < 1.29 is 19.0 Å². The molecule has 0 heterocycles. The average molecular weight is 338 g/mol. The van der Waals surface area contributed by atoms with Gasteiger partial charge in [0.25, 0.3) is 0 Å². The van der Waals surface area contributed by atoms with Crippen molar-refractivity contribution in [2.24, 2.45) is 0 Å². The van der Waals surface area contributed by atoms with Crippen molar-refractivity contribution in [1.29, 1.82) is 0 Å². The second-order valence-electron chi connectivity index (χ2n) is 5.64. The Morgan fingerprint density at radius 2 is 1.64 bits per heavy atom. The number of halogens is 1. The predicted octanol–water partition coefficient (Wildman–Crippen LogP) is 4.50. The van der Waals surface area contributed by atoms with Gasteiger partial charge in [-0.25, -0.2) is 4.39 Å². The molecule has 0 aliphatic rings. The Balaban J connectivity index is 1.79. The van der Waals surface area contributed by atoms with Gasteiger partial charge in [-0.2, -0.15) is 0 Å². The second kappa shape index (κ2) is 7.81. The van der Waals surface area contributed by atoms with E-state index in [0.717, 1.165) is 5.56 Å². The van der Waals surface area contributed by atoms with Crippen LogP contribution in [0.4, 0.5) is 4.39 Å². The van der Waals surface area contributed by atoms with E-state index in [1.54, 1.807) is 37.4 Å². The monoisotopic (exact) mass is 338 g/mol. The van der Waals surface area contributed by atoms with E-state index in [0.29, 0.717) is 29.2 Å². The van der Waals surface area contributed by atoms with E-state index in [-0.39, 0.29) is 5.82 Å². The smallest absolute Gasteiger partial charge is 0.161 e. The van der Waals surface area contributed by atoms with Crippen LogP contribution in [0, 0.1) is 5.82 Å². The first-order valence-corrected chi connectivity index (χ1v) is 7.95. The Labute approximate surface area is 146 Å². The third-order valence-corrected chi connectivity index (χ3v) is 3.90. The van der Waals surface area contributed by atoms with Gasteiger partial charge in [0.05, 0.1) is 7.11 Å². The van der Waals surface area contributed by atoms with Gasteiger partial charge in [0.1, 0.15) is 18.5 Å². The van der Waals surface area contributed by atoms with Crippen LogP contribution in [-0.2, 0) is 6.61 Å². The predicted molar refractivity (Wildman–Crippen MR) is 94.2 cm³/mol. The van der Waals surface area contributed by atoms with Crippen molar-refractivity contribution in [2.75, 3.05) is 7.11 Å². The number of hydrogen-bond donors (Lipinski definition) is 1. The van der Waals surface area contributed by atoms with Gasteiger partial charge in [-0.15, -0.1) is 0 Å². The number of ether oxygens (including phenoxy) is 2. The SMILES string of the molecule is COc1cc(C(O)c2cccc(F)c2)ccc1OCc1ccccc1. The highest BCUT2D eigenvalue weighted by Gasteiger charge is 2.14. The first-order chi connectivity index (χ1) is 12.2. The summed E-state index contributed by atoms with van der Waals surface area (Å²) in [7, 11) is 1.54. The maximum absolute atomic E-state index is 13.4. The first kappa shape index (κ1) is 17.0. The molecule has 4 heteroatoms. The van der Waals surface area contributed by atoms with Gasteiger partial charge >= 0.3 is 0 Å². The molecule has 3 aromatic rings. The molecule has 0 aliphatic heterocycles. The zero-order valence-electron chi connectivity index (χ0n) is 13.9. The fourth-order valence-corrected chi connectivity index (χ4v) is 2.58. The van der Waals surface area contributed by atoms with Crippen molar-refractivity contribution >= 4 is 0 Å². The Morgan fingerprint density at radius 1 is 0.880 bits per heavy atom. The second-order valence-corrected chi connectivity index (χ2v) is 5.64. The highest BCUT2D eigenvalue weighted by atomic mass is 19.1. The number of rotatable bonds is 6. The topological polar surface area (TPSA) is 38.7 Å². The van der Waals surface area contributed by atoms with Crippen LogP contribution >= 0.6 is 0 Å². The number of benzene rings is 3. The molecule has 128 valence electrons. The van der Waals surface area contributed by atoms with Crippen molar-refractivity contribution in [3.63, 3.8) is 0 Å². The number of aliphatic hydroxyl groups is 1. The molecule has 3 aromatic carbocycles. The van der Waals surface area contributed by atoms with E-state index in [1.807, 2.05) is 30.3 Å². The fraction of sp³-hybridized carbons (Fsp3) is 0.143. The summed E-state index contributed by atoms with van der Waals surface area (Å²) in [6, 6.07) is 20.9. The lowest BCUT2D eigenvalue weighted by atomic mass is 10.0. The lowest BCUT2D eigenvalue weighted by molar-refractivity contribution is 0.218. The standard InChI is InChI=1S/C21H19FO3/c1-24-20-13-17(21(23)16-8-5-9-18(22)12-16)10-11-19(20)25-14-15-6-3-2-4-7-15/h2-13,21,23H,14H2,1H3. The van der Waals surface area contributed by atoms with Gasteiger partial charge in [-0.1, -0.05) is 48.5 Å². The number of aliphatic hydroxyl groups excluding tert-OH is 1. The molecule has 1 unspecified atom stereocenters. The summed E-state index contributed by atoms with van der Waals surface area (Å²) in [6.07, 6.45) is -0.937. The van der Waals surface area contributed by atoms with Crippen molar-refractivity contribution in [2.45, 2.75) is 12.7 Å². The lowest BCUT2D eigenvalue weighted by Gasteiger charge is -2.16. The van der Waals surface area contributed by atoms with Crippen LogP contribution in [0.15, 0.2) is 72.8 Å². The van der Waals surface area contributed by atoms with Gasteiger partial charge in [0.15, 0.2) is 11.5 Å². The van der Waals surface area contributed by atoms with Gasteiger partial charge in [0, 0.05) is 0 Å². The van der Waals surface area contributed by atoms with Crippen LogP contribution in [0.25, 0.3) is 0 Å². The Bertz CT molecular complexity index is 834. The van der Waals surface area contributed by atoms with Crippen LogP contribution < -0.4 is 9.47 Å². The van der Waals surface area contributed by atoms with Gasteiger partial charge in [0.2, 0.25) is 0 Å². The van der Waals surface area contributed by atoms with Crippen molar-refractivity contribution in [1.82, 2.24) is 0 Å². The quantitative estimate of drug-likeness (QED) is 0.719. The zero-order valence-corrected chi connectivity index (χ0v) is 13.9. The summed E-state index contributed by atoms with van der Waals surface area (Å²) < 4.78 is 24.5. The summed E-state index contributed by atoms with van der Waals surface area (Å²) in [5, 5.41) is 10.5. The van der Waals surface area contributed by atoms with Crippen LogP contribution in [0.2, 0.25) is 0 Å².